The number of carbonyl (C=O) groups excluding carboxylic acids is 1. The molecule has 2 N–H and O–H groups in total. The number of rotatable bonds is 1. The van der Waals surface area contributed by atoms with Crippen LogP contribution in [-0.2, 0) is 9.47 Å². The van der Waals surface area contributed by atoms with Crippen molar-refractivity contribution < 1.29 is 14.3 Å². The van der Waals surface area contributed by atoms with Crippen LogP contribution in [0.15, 0.2) is 15.7 Å². The molecular weight excluding hydrogens is 266 g/mol. The molecule has 3 rings (SSSR count). The van der Waals surface area contributed by atoms with E-state index in [1.54, 1.807) is 4.90 Å². The van der Waals surface area contributed by atoms with Gasteiger partial charge < -0.3 is 19.4 Å². The molecule has 2 aliphatic heterocycles. The summed E-state index contributed by atoms with van der Waals surface area (Å²) in [7, 11) is 0. The number of carbonyl (C=O) groups is 1. The number of hydrogen-bond acceptors (Lipinski definition) is 5. The third-order valence-corrected chi connectivity index (χ3v) is 3.62. The molecule has 0 aliphatic carbocycles. The molecule has 8 heteroatoms. The summed E-state index contributed by atoms with van der Waals surface area (Å²) >= 11 is 0. The summed E-state index contributed by atoms with van der Waals surface area (Å²) in [6, 6.07) is 1.09. The van der Waals surface area contributed by atoms with Crippen molar-refractivity contribution in [3.8, 4) is 0 Å². The highest BCUT2D eigenvalue weighted by Gasteiger charge is 2.40. The first-order valence-electron chi connectivity index (χ1n) is 6.49. The van der Waals surface area contributed by atoms with E-state index in [-0.39, 0.29) is 11.6 Å². The van der Waals surface area contributed by atoms with Gasteiger partial charge in [0.05, 0.1) is 13.2 Å². The Bertz CT molecular complexity index is 590. The van der Waals surface area contributed by atoms with Gasteiger partial charge in [0.15, 0.2) is 5.79 Å². The van der Waals surface area contributed by atoms with Gasteiger partial charge >= 0.3 is 5.69 Å². The fraction of sp³-hybridized carbons (Fsp3) is 0.583. The second kappa shape index (κ2) is 4.88. The SMILES string of the molecule is O=C(c1cc(=O)[nH]c(=O)[nH]1)N1CCC2(CC1)OCCO2. The highest BCUT2D eigenvalue weighted by Crippen LogP contribution is 2.31. The molecular formula is C12H15N3O5. The zero-order chi connectivity index (χ0) is 14.2. The first kappa shape index (κ1) is 13.1. The third kappa shape index (κ3) is 2.39. The van der Waals surface area contributed by atoms with Crippen LogP contribution in [0.3, 0.4) is 0 Å². The third-order valence-electron chi connectivity index (χ3n) is 3.62. The van der Waals surface area contributed by atoms with Crippen LogP contribution in [0, 0.1) is 0 Å². The average Bonchev–Trinajstić information content (AvgIpc) is 2.86. The molecule has 0 atom stereocenters. The maximum atomic E-state index is 12.2. The van der Waals surface area contributed by atoms with Crippen LogP contribution in [0.5, 0.6) is 0 Å². The summed E-state index contributed by atoms with van der Waals surface area (Å²) in [5.41, 5.74) is -1.27. The lowest BCUT2D eigenvalue weighted by Crippen LogP contribution is -2.47. The molecule has 2 fully saturated rings. The van der Waals surface area contributed by atoms with Crippen LogP contribution in [0.2, 0.25) is 0 Å². The van der Waals surface area contributed by atoms with Crippen LogP contribution in [0.25, 0.3) is 0 Å². The zero-order valence-electron chi connectivity index (χ0n) is 10.8. The number of nitrogens with one attached hydrogen (secondary N) is 2. The largest absolute Gasteiger partial charge is 0.347 e. The molecule has 0 aromatic carbocycles. The van der Waals surface area contributed by atoms with E-state index in [2.05, 4.69) is 4.98 Å². The number of H-pyrrole nitrogens is 2. The monoisotopic (exact) mass is 281 g/mol. The zero-order valence-corrected chi connectivity index (χ0v) is 10.8. The maximum Gasteiger partial charge on any atom is 0.326 e. The van der Waals surface area contributed by atoms with Gasteiger partial charge in [-0.3, -0.25) is 14.6 Å². The normalized spacial score (nSPS) is 21.3. The molecule has 8 nitrogen and oxygen atoms in total. The first-order valence-corrected chi connectivity index (χ1v) is 6.49. The Labute approximate surface area is 113 Å². The number of ether oxygens (including phenoxy) is 2. The number of nitrogens with zero attached hydrogens (tertiary/aromatic N) is 1. The van der Waals surface area contributed by atoms with Crippen molar-refractivity contribution >= 4 is 5.91 Å². The fourth-order valence-corrected chi connectivity index (χ4v) is 2.59. The molecule has 2 aliphatic rings. The Morgan fingerprint density at radius 3 is 2.40 bits per heavy atom. The number of aromatic nitrogens is 2. The standard InChI is InChI=1S/C12H15N3O5/c16-9-7-8(13-11(18)14-9)10(17)15-3-1-12(2-4-15)19-5-6-20-12/h7H,1-6H2,(H2,13,14,16,18). The Kier molecular flexibility index (Phi) is 3.19. The molecule has 1 amide bonds. The second-order valence-corrected chi connectivity index (χ2v) is 4.90. The van der Waals surface area contributed by atoms with Gasteiger partial charge in [0.1, 0.15) is 5.69 Å². The van der Waals surface area contributed by atoms with Gasteiger partial charge in [-0.1, -0.05) is 0 Å². The van der Waals surface area contributed by atoms with Gasteiger partial charge in [-0.2, -0.15) is 0 Å². The lowest BCUT2D eigenvalue weighted by Gasteiger charge is -2.37. The van der Waals surface area contributed by atoms with E-state index < -0.39 is 17.0 Å². The molecule has 108 valence electrons. The van der Waals surface area contributed by atoms with Crippen molar-refractivity contribution in [2.24, 2.45) is 0 Å². The Balaban J connectivity index is 1.72. The summed E-state index contributed by atoms with van der Waals surface area (Å²) in [6.45, 7) is 2.09. The summed E-state index contributed by atoms with van der Waals surface area (Å²) in [6.07, 6.45) is 1.18. The Morgan fingerprint density at radius 2 is 1.80 bits per heavy atom. The molecule has 1 aromatic heterocycles. The number of aromatic amines is 2. The Morgan fingerprint density at radius 1 is 1.15 bits per heavy atom. The highest BCUT2D eigenvalue weighted by molar-refractivity contribution is 5.92. The van der Waals surface area contributed by atoms with Crippen molar-refractivity contribution in [2.45, 2.75) is 18.6 Å². The van der Waals surface area contributed by atoms with E-state index >= 15 is 0 Å². The molecule has 3 heterocycles. The summed E-state index contributed by atoms with van der Waals surface area (Å²) in [5.74, 6) is -0.917. The summed E-state index contributed by atoms with van der Waals surface area (Å²) in [5, 5.41) is 0. The highest BCUT2D eigenvalue weighted by atomic mass is 16.7. The second-order valence-electron chi connectivity index (χ2n) is 4.90. The average molecular weight is 281 g/mol. The van der Waals surface area contributed by atoms with Gasteiger partial charge in [0, 0.05) is 32.0 Å². The van der Waals surface area contributed by atoms with Gasteiger partial charge in [-0.05, 0) is 0 Å². The molecule has 1 spiro atoms. The van der Waals surface area contributed by atoms with Crippen LogP contribution >= 0.6 is 0 Å². The van der Waals surface area contributed by atoms with Gasteiger partial charge in [-0.15, -0.1) is 0 Å². The van der Waals surface area contributed by atoms with Gasteiger partial charge in [0.2, 0.25) is 0 Å². The van der Waals surface area contributed by atoms with Gasteiger partial charge in [0.25, 0.3) is 11.5 Å². The summed E-state index contributed by atoms with van der Waals surface area (Å²) in [4.78, 5) is 40.6. The number of hydrogen-bond donors (Lipinski definition) is 2. The number of piperidine rings is 1. The minimum Gasteiger partial charge on any atom is -0.347 e. The van der Waals surface area contributed by atoms with Crippen molar-refractivity contribution in [1.82, 2.24) is 14.9 Å². The van der Waals surface area contributed by atoms with Crippen molar-refractivity contribution in [2.75, 3.05) is 26.3 Å². The molecule has 20 heavy (non-hydrogen) atoms. The number of amides is 1. The van der Waals surface area contributed by atoms with Crippen LogP contribution in [0.1, 0.15) is 23.3 Å². The number of likely N-dealkylation sites (tertiary alicyclic amines) is 1. The van der Waals surface area contributed by atoms with Crippen LogP contribution < -0.4 is 11.2 Å². The molecule has 2 saturated heterocycles. The Hall–Kier alpha value is -1.93. The van der Waals surface area contributed by atoms with Crippen molar-refractivity contribution in [1.29, 1.82) is 0 Å². The lowest BCUT2D eigenvalue weighted by molar-refractivity contribution is -0.181. The fourth-order valence-electron chi connectivity index (χ4n) is 2.59. The molecule has 0 bridgehead atoms. The predicted octanol–water partition coefficient (Wildman–Crippen LogP) is -0.958. The molecule has 0 unspecified atom stereocenters. The molecule has 0 saturated carbocycles. The topological polar surface area (TPSA) is 104 Å². The lowest BCUT2D eigenvalue weighted by atomic mass is 10.0. The van der Waals surface area contributed by atoms with Gasteiger partial charge in [-0.25, -0.2) is 4.79 Å². The molecule has 0 radical (unpaired) electrons. The quantitative estimate of drug-likeness (QED) is 0.690. The van der Waals surface area contributed by atoms with E-state index in [0.29, 0.717) is 39.1 Å². The van der Waals surface area contributed by atoms with Crippen molar-refractivity contribution in [3.05, 3.63) is 32.6 Å². The van der Waals surface area contributed by atoms with E-state index in [1.807, 2.05) is 4.98 Å². The minimum atomic E-state index is -0.684. The molecule has 1 aromatic rings. The van der Waals surface area contributed by atoms with Crippen LogP contribution in [0.4, 0.5) is 0 Å². The maximum absolute atomic E-state index is 12.2. The van der Waals surface area contributed by atoms with E-state index in [9.17, 15) is 14.4 Å². The smallest absolute Gasteiger partial charge is 0.326 e. The van der Waals surface area contributed by atoms with E-state index in [4.69, 9.17) is 9.47 Å². The van der Waals surface area contributed by atoms with Crippen LogP contribution in [-0.4, -0.2) is 52.9 Å². The van der Waals surface area contributed by atoms with E-state index in [1.165, 1.54) is 0 Å². The van der Waals surface area contributed by atoms with E-state index in [0.717, 1.165) is 6.07 Å². The van der Waals surface area contributed by atoms with Crippen molar-refractivity contribution in [3.63, 3.8) is 0 Å². The minimum absolute atomic E-state index is 0.00274. The summed E-state index contributed by atoms with van der Waals surface area (Å²) < 4.78 is 11.2. The predicted molar refractivity (Wildman–Crippen MR) is 67.5 cm³/mol. The first-order chi connectivity index (χ1) is 9.58.